The number of hydrogen-bond acceptors (Lipinski definition) is 2. The first kappa shape index (κ1) is 13.9. The molecular weight excluding hydrogens is 226 g/mol. The van der Waals surface area contributed by atoms with Crippen LogP contribution in [0.1, 0.15) is 59.8 Å². The van der Waals surface area contributed by atoms with E-state index in [9.17, 15) is 9.90 Å². The van der Waals surface area contributed by atoms with Gasteiger partial charge in [-0.1, -0.05) is 20.8 Å². The highest BCUT2D eigenvalue weighted by atomic mass is 16.4. The number of carboxylic acid groups (broad SMARTS) is 1. The zero-order valence-corrected chi connectivity index (χ0v) is 12.2. The average Bonchev–Trinajstić information content (AvgIpc) is 2.58. The molecule has 2 fully saturated rings. The second-order valence-corrected chi connectivity index (χ2v) is 7.44. The summed E-state index contributed by atoms with van der Waals surface area (Å²) in [4.78, 5) is 13.9. The minimum atomic E-state index is -0.643. The monoisotopic (exact) mass is 253 g/mol. The van der Waals surface area contributed by atoms with Gasteiger partial charge >= 0.3 is 5.97 Å². The molecule has 3 heteroatoms. The van der Waals surface area contributed by atoms with Crippen LogP contribution in [0.3, 0.4) is 0 Å². The molecule has 1 saturated carbocycles. The van der Waals surface area contributed by atoms with Crippen LogP contribution in [-0.2, 0) is 4.79 Å². The van der Waals surface area contributed by atoms with Gasteiger partial charge in [0.05, 0.1) is 0 Å². The Hall–Kier alpha value is -0.570. The summed E-state index contributed by atoms with van der Waals surface area (Å²) < 4.78 is 0. The molecule has 1 aliphatic heterocycles. The fraction of sp³-hybridized carbons (Fsp3) is 0.933. The number of likely N-dealkylation sites (tertiary alicyclic amines) is 1. The lowest BCUT2D eigenvalue weighted by Gasteiger charge is -2.46. The van der Waals surface area contributed by atoms with Gasteiger partial charge in [-0.3, -0.25) is 9.69 Å². The fourth-order valence-electron chi connectivity index (χ4n) is 4.33. The molecule has 0 amide bonds. The van der Waals surface area contributed by atoms with Crippen molar-refractivity contribution < 1.29 is 9.90 Å². The minimum Gasteiger partial charge on any atom is -0.480 e. The van der Waals surface area contributed by atoms with Gasteiger partial charge in [0.2, 0.25) is 0 Å². The van der Waals surface area contributed by atoms with E-state index in [0.717, 1.165) is 32.2 Å². The number of hydrogen-bond donors (Lipinski definition) is 1. The smallest absolute Gasteiger partial charge is 0.323 e. The van der Waals surface area contributed by atoms with Gasteiger partial charge < -0.3 is 5.11 Å². The highest BCUT2D eigenvalue weighted by molar-refractivity contribution is 5.78. The van der Waals surface area contributed by atoms with Crippen LogP contribution in [0.2, 0.25) is 0 Å². The van der Waals surface area contributed by atoms with Crippen molar-refractivity contribution in [1.29, 1.82) is 0 Å². The summed E-state index contributed by atoms with van der Waals surface area (Å²) in [5.74, 6) is 0.0634. The quantitative estimate of drug-likeness (QED) is 0.822. The molecule has 0 spiro atoms. The molecular formula is C15H27NO2. The van der Waals surface area contributed by atoms with Crippen LogP contribution in [-0.4, -0.2) is 34.1 Å². The molecule has 0 bridgehead atoms. The van der Waals surface area contributed by atoms with Gasteiger partial charge in [-0.2, -0.15) is 0 Å². The van der Waals surface area contributed by atoms with Crippen molar-refractivity contribution in [2.24, 2.45) is 11.3 Å². The lowest BCUT2D eigenvalue weighted by molar-refractivity contribution is -0.151. The zero-order chi connectivity index (χ0) is 13.6. The summed E-state index contributed by atoms with van der Waals surface area (Å²) in [5.41, 5.74) is -0.276. The molecule has 3 nitrogen and oxygen atoms in total. The van der Waals surface area contributed by atoms with E-state index in [4.69, 9.17) is 0 Å². The van der Waals surface area contributed by atoms with Crippen molar-refractivity contribution in [2.45, 2.75) is 71.4 Å². The average molecular weight is 253 g/mol. The van der Waals surface area contributed by atoms with E-state index in [0.29, 0.717) is 17.4 Å². The molecule has 3 atom stereocenters. The third-order valence-corrected chi connectivity index (χ3v) is 4.96. The Morgan fingerprint density at radius 3 is 2.50 bits per heavy atom. The number of aliphatic carboxylic acids is 1. The Kier molecular flexibility index (Phi) is 3.48. The maximum absolute atomic E-state index is 11.6. The summed E-state index contributed by atoms with van der Waals surface area (Å²) >= 11 is 0. The molecule has 104 valence electrons. The predicted molar refractivity (Wildman–Crippen MR) is 72.6 cm³/mol. The van der Waals surface area contributed by atoms with Crippen LogP contribution in [0.4, 0.5) is 0 Å². The molecule has 1 heterocycles. The fourth-order valence-corrected chi connectivity index (χ4v) is 4.33. The van der Waals surface area contributed by atoms with E-state index >= 15 is 0 Å². The van der Waals surface area contributed by atoms with E-state index in [1.807, 2.05) is 6.92 Å². The van der Waals surface area contributed by atoms with E-state index in [-0.39, 0.29) is 0 Å². The van der Waals surface area contributed by atoms with Crippen LogP contribution in [0.15, 0.2) is 0 Å². The van der Waals surface area contributed by atoms with Gasteiger partial charge in [0.1, 0.15) is 5.54 Å². The summed E-state index contributed by atoms with van der Waals surface area (Å²) in [6.45, 7) is 9.82. The SMILES string of the molecule is CC1CC(N2CCCC2(C)C(=O)O)CC(C)(C)C1. The lowest BCUT2D eigenvalue weighted by Crippen LogP contribution is -2.55. The topological polar surface area (TPSA) is 40.5 Å². The van der Waals surface area contributed by atoms with E-state index in [1.54, 1.807) is 0 Å². The minimum absolute atomic E-state index is 0.352. The van der Waals surface area contributed by atoms with Crippen molar-refractivity contribution >= 4 is 5.97 Å². The van der Waals surface area contributed by atoms with Gasteiger partial charge in [0.25, 0.3) is 0 Å². The first-order valence-corrected chi connectivity index (χ1v) is 7.25. The highest BCUT2D eigenvalue weighted by Crippen LogP contribution is 2.44. The van der Waals surface area contributed by atoms with Crippen LogP contribution >= 0.6 is 0 Å². The number of nitrogens with zero attached hydrogens (tertiary/aromatic N) is 1. The molecule has 0 radical (unpaired) electrons. The molecule has 0 aromatic carbocycles. The molecule has 0 aromatic rings. The van der Waals surface area contributed by atoms with Crippen molar-refractivity contribution in [3.8, 4) is 0 Å². The summed E-state index contributed by atoms with van der Waals surface area (Å²) in [5, 5.41) is 9.53. The van der Waals surface area contributed by atoms with Crippen molar-refractivity contribution in [1.82, 2.24) is 4.90 Å². The molecule has 0 aromatic heterocycles. The second-order valence-electron chi connectivity index (χ2n) is 7.44. The van der Waals surface area contributed by atoms with Gasteiger partial charge in [0.15, 0.2) is 0 Å². The van der Waals surface area contributed by atoms with Crippen molar-refractivity contribution in [3.63, 3.8) is 0 Å². The Bertz CT molecular complexity index is 339. The lowest BCUT2D eigenvalue weighted by atomic mass is 9.70. The van der Waals surface area contributed by atoms with Gasteiger partial charge in [0, 0.05) is 6.04 Å². The Balaban J connectivity index is 2.18. The summed E-state index contributed by atoms with van der Waals surface area (Å²) in [7, 11) is 0. The van der Waals surface area contributed by atoms with E-state index in [2.05, 4.69) is 25.7 Å². The number of carbonyl (C=O) groups is 1. The molecule has 1 N–H and O–H groups in total. The number of carboxylic acids is 1. The molecule has 18 heavy (non-hydrogen) atoms. The zero-order valence-electron chi connectivity index (χ0n) is 12.2. The van der Waals surface area contributed by atoms with Gasteiger partial charge in [-0.05, 0) is 56.9 Å². The number of rotatable bonds is 2. The second kappa shape index (κ2) is 4.52. The largest absolute Gasteiger partial charge is 0.480 e. The third kappa shape index (κ3) is 2.42. The Morgan fingerprint density at radius 1 is 1.28 bits per heavy atom. The predicted octanol–water partition coefficient (Wildman–Crippen LogP) is 3.14. The van der Waals surface area contributed by atoms with E-state index < -0.39 is 11.5 Å². The maximum atomic E-state index is 11.6. The van der Waals surface area contributed by atoms with Crippen LogP contribution in [0.25, 0.3) is 0 Å². The van der Waals surface area contributed by atoms with Crippen LogP contribution < -0.4 is 0 Å². The maximum Gasteiger partial charge on any atom is 0.323 e. The van der Waals surface area contributed by atoms with Crippen LogP contribution in [0, 0.1) is 11.3 Å². The highest BCUT2D eigenvalue weighted by Gasteiger charge is 2.48. The Morgan fingerprint density at radius 2 is 1.94 bits per heavy atom. The molecule has 2 rings (SSSR count). The summed E-state index contributed by atoms with van der Waals surface area (Å²) in [6, 6.07) is 0.451. The Labute approximate surface area is 111 Å². The first-order valence-electron chi connectivity index (χ1n) is 7.25. The molecule has 2 aliphatic rings. The van der Waals surface area contributed by atoms with Gasteiger partial charge in [-0.25, -0.2) is 0 Å². The van der Waals surface area contributed by atoms with E-state index in [1.165, 1.54) is 6.42 Å². The first-order chi connectivity index (χ1) is 8.24. The van der Waals surface area contributed by atoms with Gasteiger partial charge in [-0.15, -0.1) is 0 Å². The molecule has 3 unspecified atom stereocenters. The standard InChI is InChI=1S/C15H27NO2/c1-11-8-12(10-14(2,3)9-11)16-7-5-6-15(16,4)13(17)18/h11-12H,5-10H2,1-4H3,(H,17,18). The van der Waals surface area contributed by atoms with Crippen molar-refractivity contribution in [2.75, 3.05) is 6.54 Å². The summed E-state index contributed by atoms with van der Waals surface area (Å²) in [6.07, 6.45) is 5.38. The van der Waals surface area contributed by atoms with Crippen molar-refractivity contribution in [3.05, 3.63) is 0 Å². The third-order valence-electron chi connectivity index (χ3n) is 4.96. The van der Waals surface area contributed by atoms with Crippen LogP contribution in [0.5, 0.6) is 0 Å². The molecule has 1 saturated heterocycles. The molecule has 1 aliphatic carbocycles. The normalized spacial score (nSPS) is 40.9.